The van der Waals surface area contributed by atoms with Crippen LogP contribution in [0.15, 0.2) is 30.8 Å². The summed E-state index contributed by atoms with van der Waals surface area (Å²) in [7, 11) is 1.34. The standard InChI is InChI=1S/C17H26Si/c1-14(16-7-3-2-4-8-16)17-11-9-15(10-12-17)6-5-13-18/h9-12,16H,1-8,13H2,18H3. The maximum absolute atomic E-state index is 4.35. The third kappa shape index (κ3) is 3.58. The largest absolute Gasteiger partial charge is 0.0950 e. The molecule has 1 heteroatoms. The van der Waals surface area contributed by atoms with E-state index in [1.165, 1.54) is 77.9 Å². The molecule has 0 aliphatic heterocycles. The minimum absolute atomic E-state index is 0.742. The maximum atomic E-state index is 4.35. The van der Waals surface area contributed by atoms with E-state index in [-0.39, 0.29) is 0 Å². The van der Waals surface area contributed by atoms with Crippen molar-refractivity contribution in [1.82, 2.24) is 0 Å². The van der Waals surface area contributed by atoms with E-state index in [9.17, 15) is 0 Å². The summed E-state index contributed by atoms with van der Waals surface area (Å²) < 4.78 is 0. The van der Waals surface area contributed by atoms with E-state index in [1.54, 1.807) is 0 Å². The van der Waals surface area contributed by atoms with E-state index in [4.69, 9.17) is 0 Å². The second kappa shape index (κ2) is 6.94. The van der Waals surface area contributed by atoms with E-state index in [2.05, 4.69) is 30.8 Å². The molecule has 0 aromatic heterocycles. The van der Waals surface area contributed by atoms with Crippen molar-refractivity contribution in [3.8, 4) is 0 Å². The SMILES string of the molecule is C=C(c1ccc(CCC[SiH3])cc1)C1CCCCC1. The molecule has 18 heavy (non-hydrogen) atoms. The molecule has 0 saturated heterocycles. The summed E-state index contributed by atoms with van der Waals surface area (Å²) in [5, 5.41) is 0. The number of allylic oxidation sites excluding steroid dienone is 1. The summed E-state index contributed by atoms with van der Waals surface area (Å²) in [5.41, 5.74) is 4.24. The van der Waals surface area contributed by atoms with Crippen molar-refractivity contribution in [2.24, 2.45) is 5.92 Å². The van der Waals surface area contributed by atoms with Gasteiger partial charge in [0.05, 0.1) is 0 Å². The van der Waals surface area contributed by atoms with E-state index in [0.29, 0.717) is 0 Å². The zero-order chi connectivity index (χ0) is 12.8. The first-order chi connectivity index (χ1) is 8.81. The van der Waals surface area contributed by atoms with Crippen molar-refractivity contribution in [3.05, 3.63) is 42.0 Å². The minimum Gasteiger partial charge on any atom is -0.0950 e. The third-order valence-electron chi connectivity index (χ3n) is 4.24. The summed E-state index contributed by atoms with van der Waals surface area (Å²) >= 11 is 0. The lowest BCUT2D eigenvalue weighted by Gasteiger charge is -2.24. The van der Waals surface area contributed by atoms with Gasteiger partial charge in [-0.15, -0.1) is 0 Å². The second-order valence-corrected chi connectivity index (χ2v) is 6.66. The molecular weight excluding hydrogens is 232 g/mol. The Morgan fingerprint density at radius 3 is 2.39 bits per heavy atom. The second-order valence-electron chi connectivity index (χ2n) is 5.66. The fourth-order valence-corrected chi connectivity index (χ4v) is 3.31. The highest BCUT2D eigenvalue weighted by Crippen LogP contribution is 2.34. The molecule has 0 atom stereocenters. The Morgan fingerprint density at radius 1 is 1.11 bits per heavy atom. The quantitative estimate of drug-likeness (QED) is 0.700. The lowest BCUT2D eigenvalue weighted by Crippen LogP contribution is -2.07. The molecule has 0 spiro atoms. The molecule has 0 heterocycles. The summed E-state index contributed by atoms with van der Waals surface area (Å²) in [5.74, 6) is 0.742. The van der Waals surface area contributed by atoms with Gasteiger partial charge in [-0.2, -0.15) is 0 Å². The lowest BCUT2D eigenvalue weighted by atomic mass is 9.81. The molecule has 0 N–H and O–H groups in total. The molecule has 0 unspecified atom stereocenters. The van der Waals surface area contributed by atoms with Crippen molar-refractivity contribution < 1.29 is 0 Å². The van der Waals surface area contributed by atoms with Gasteiger partial charge in [0.15, 0.2) is 0 Å². The summed E-state index contributed by atoms with van der Waals surface area (Å²) in [6.07, 6.45) is 9.50. The molecule has 1 aliphatic rings. The van der Waals surface area contributed by atoms with Gasteiger partial charge in [-0.1, -0.05) is 62.6 Å². The zero-order valence-electron chi connectivity index (χ0n) is 11.8. The normalized spacial score (nSPS) is 16.9. The minimum atomic E-state index is 0.742. The molecule has 1 fully saturated rings. The number of aryl methyl sites for hydroxylation is 1. The molecule has 98 valence electrons. The van der Waals surface area contributed by atoms with Gasteiger partial charge in [-0.05, 0) is 41.9 Å². The molecular formula is C17H26Si. The molecule has 2 rings (SSSR count). The van der Waals surface area contributed by atoms with Crippen LogP contribution in [0.3, 0.4) is 0 Å². The van der Waals surface area contributed by atoms with Crippen LogP contribution in [0, 0.1) is 5.92 Å². The maximum Gasteiger partial charge on any atom is 0.00281 e. The highest BCUT2D eigenvalue weighted by molar-refractivity contribution is 6.08. The van der Waals surface area contributed by atoms with E-state index >= 15 is 0 Å². The smallest absolute Gasteiger partial charge is 0.00281 e. The van der Waals surface area contributed by atoms with Gasteiger partial charge in [0, 0.05) is 10.2 Å². The topological polar surface area (TPSA) is 0 Å². The molecule has 1 saturated carbocycles. The fraction of sp³-hybridized carbons (Fsp3) is 0.529. The Hall–Kier alpha value is -0.823. The van der Waals surface area contributed by atoms with E-state index in [0.717, 1.165) is 5.92 Å². The summed E-state index contributed by atoms with van der Waals surface area (Å²) in [6, 6.07) is 10.6. The zero-order valence-corrected chi connectivity index (χ0v) is 13.8. The summed E-state index contributed by atoms with van der Waals surface area (Å²) in [6.45, 7) is 4.35. The lowest BCUT2D eigenvalue weighted by molar-refractivity contribution is 0.430. The monoisotopic (exact) mass is 258 g/mol. The van der Waals surface area contributed by atoms with E-state index in [1.807, 2.05) is 0 Å². The number of hydrogen-bond donors (Lipinski definition) is 0. The first-order valence-electron chi connectivity index (χ1n) is 7.59. The number of rotatable bonds is 5. The van der Waals surface area contributed by atoms with Gasteiger partial charge in [0.2, 0.25) is 0 Å². The van der Waals surface area contributed by atoms with Gasteiger partial charge < -0.3 is 0 Å². The Bertz CT molecular complexity index is 371. The molecule has 1 aromatic rings. The van der Waals surface area contributed by atoms with Crippen LogP contribution in [0.4, 0.5) is 0 Å². The average molecular weight is 258 g/mol. The van der Waals surface area contributed by atoms with Crippen molar-refractivity contribution in [2.75, 3.05) is 0 Å². The fourth-order valence-electron chi connectivity index (χ4n) is 2.95. The van der Waals surface area contributed by atoms with Gasteiger partial charge in [0.1, 0.15) is 0 Å². The highest BCUT2D eigenvalue weighted by Gasteiger charge is 2.17. The highest BCUT2D eigenvalue weighted by atomic mass is 28.1. The van der Waals surface area contributed by atoms with Gasteiger partial charge >= 0.3 is 0 Å². The Labute approximate surface area is 115 Å². The molecule has 0 bridgehead atoms. The average Bonchev–Trinajstić information content (AvgIpc) is 2.46. The van der Waals surface area contributed by atoms with Gasteiger partial charge in [-0.3, -0.25) is 0 Å². The summed E-state index contributed by atoms with van der Waals surface area (Å²) in [4.78, 5) is 0. The predicted molar refractivity (Wildman–Crippen MR) is 85.1 cm³/mol. The van der Waals surface area contributed by atoms with E-state index < -0.39 is 0 Å². The van der Waals surface area contributed by atoms with Crippen molar-refractivity contribution >= 4 is 15.8 Å². The molecule has 0 radical (unpaired) electrons. The van der Waals surface area contributed by atoms with Crippen LogP contribution in [0.1, 0.15) is 49.7 Å². The molecule has 1 aliphatic carbocycles. The Morgan fingerprint density at radius 2 is 1.78 bits per heavy atom. The first kappa shape index (κ1) is 13.6. The van der Waals surface area contributed by atoms with Gasteiger partial charge in [-0.25, -0.2) is 0 Å². The number of benzene rings is 1. The molecule has 1 aromatic carbocycles. The Kier molecular flexibility index (Phi) is 5.24. The predicted octanol–water partition coefficient (Wildman–Crippen LogP) is 4.00. The Balaban J connectivity index is 1.97. The third-order valence-corrected chi connectivity index (χ3v) is 4.95. The molecule has 0 amide bonds. The first-order valence-corrected chi connectivity index (χ1v) is 9.00. The van der Waals surface area contributed by atoms with Crippen LogP contribution in [-0.2, 0) is 6.42 Å². The van der Waals surface area contributed by atoms with Crippen LogP contribution in [0.2, 0.25) is 6.04 Å². The van der Waals surface area contributed by atoms with Crippen LogP contribution in [0.5, 0.6) is 0 Å². The van der Waals surface area contributed by atoms with Crippen molar-refractivity contribution in [1.29, 1.82) is 0 Å². The molecule has 0 nitrogen and oxygen atoms in total. The van der Waals surface area contributed by atoms with Crippen LogP contribution >= 0.6 is 0 Å². The van der Waals surface area contributed by atoms with Crippen LogP contribution in [0.25, 0.3) is 5.57 Å². The van der Waals surface area contributed by atoms with Crippen LogP contribution in [-0.4, -0.2) is 10.2 Å². The van der Waals surface area contributed by atoms with Crippen molar-refractivity contribution in [3.63, 3.8) is 0 Å². The van der Waals surface area contributed by atoms with Crippen molar-refractivity contribution in [2.45, 2.75) is 51.0 Å². The number of hydrogen-bond acceptors (Lipinski definition) is 0. The van der Waals surface area contributed by atoms with Gasteiger partial charge in [0.25, 0.3) is 0 Å². The van der Waals surface area contributed by atoms with Crippen LogP contribution < -0.4 is 0 Å².